The quantitative estimate of drug-likeness (QED) is 0.439. The van der Waals surface area contributed by atoms with Gasteiger partial charge in [-0.1, -0.05) is 25.7 Å². The number of carbonyl (C=O) groups excluding carboxylic acids is 2. The second-order valence-electron chi connectivity index (χ2n) is 5.84. The van der Waals surface area contributed by atoms with E-state index in [0.717, 1.165) is 38.5 Å². The molecule has 0 saturated heterocycles. The average molecular weight is 490 g/mol. The van der Waals surface area contributed by atoms with Crippen LogP contribution in [-0.2, 0) is 0 Å². The summed E-state index contributed by atoms with van der Waals surface area (Å²) in [6.45, 7) is 1.29. The smallest absolute Gasteiger partial charge is 0.287 e. The largest absolute Gasteiger partial charge is 0.444 e. The Labute approximate surface area is 169 Å². The zero-order valence-corrected chi connectivity index (χ0v) is 17.5. The van der Waals surface area contributed by atoms with Gasteiger partial charge in [0.15, 0.2) is 20.9 Å². The van der Waals surface area contributed by atoms with Crippen LogP contribution < -0.4 is 10.6 Å². The molecule has 0 saturated carbocycles. The monoisotopic (exact) mass is 488 g/mol. The van der Waals surface area contributed by atoms with Crippen LogP contribution in [0.4, 0.5) is 0 Å². The van der Waals surface area contributed by atoms with E-state index in [1.165, 1.54) is 0 Å². The molecule has 2 N–H and O–H groups in total. The standard InChI is InChI=1S/C18H22Br2N2O4/c19-15-9-7-13(25-15)17(23)21-11-5-3-1-2-4-6-12-22-18(24)14-8-10-16(20)26-14/h7-10H,1-6,11-12H2,(H,21,23)(H,22,24). The Morgan fingerprint density at radius 2 is 1.08 bits per heavy atom. The summed E-state index contributed by atoms with van der Waals surface area (Å²) >= 11 is 6.35. The molecule has 2 amide bonds. The minimum atomic E-state index is -0.185. The van der Waals surface area contributed by atoms with Crippen molar-refractivity contribution >= 4 is 43.7 Å². The van der Waals surface area contributed by atoms with Crippen molar-refractivity contribution in [2.45, 2.75) is 38.5 Å². The summed E-state index contributed by atoms with van der Waals surface area (Å²) in [5.74, 6) is 0.270. The molecule has 0 aliphatic heterocycles. The van der Waals surface area contributed by atoms with Gasteiger partial charge < -0.3 is 19.5 Å². The molecule has 0 aromatic carbocycles. The molecule has 0 fully saturated rings. The Kier molecular flexibility index (Phi) is 8.97. The van der Waals surface area contributed by atoms with Gasteiger partial charge in [0.1, 0.15) is 0 Å². The average Bonchev–Trinajstić information content (AvgIpc) is 3.24. The molecule has 0 aliphatic carbocycles. The van der Waals surface area contributed by atoms with Gasteiger partial charge in [-0.25, -0.2) is 0 Å². The molecule has 6 nitrogen and oxygen atoms in total. The summed E-state index contributed by atoms with van der Waals surface area (Å²) in [6.07, 6.45) is 6.24. The first-order valence-corrected chi connectivity index (χ1v) is 10.2. The molecule has 2 rings (SSSR count). The highest BCUT2D eigenvalue weighted by molar-refractivity contribution is 9.10. The number of hydrogen-bond donors (Lipinski definition) is 2. The maximum atomic E-state index is 11.8. The van der Waals surface area contributed by atoms with E-state index in [-0.39, 0.29) is 11.8 Å². The first-order chi connectivity index (χ1) is 12.6. The molecule has 0 radical (unpaired) electrons. The van der Waals surface area contributed by atoms with E-state index in [4.69, 9.17) is 8.83 Å². The lowest BCUT2D eigenvalue weighted by atomic mass is 10.1. The fraction of sp³-hybridized carbons (Fsp3) is 0.444. The number of hydrogen-bond acceptors (Lipinski definition) is 4. The molecule has 8 heteroatoms. The molecule has 26 heavy (non-hydrogen) atoms. The fourth-order valence-corrected chi connectivity index (χ4v) is 3.02. The number of rotatable bonds is 11. The molecule has 2 heterocycles. The number of nitrogens with one attached hydrogen (secondary N) is 2. The van der Waals surface area contributed by atoms with Crippen molar-refractivity contribution in [1.29, 1.82) is 0 Å². The Morgan fingerprint density at radius 3 is 1.42 bits per heavy atom. The van der Waals surface area contributed by atoms with Crippen LogP contribution in [0, 0.1) is 0 Å². The fourth-order valence-electron chi connectivity index (χ4n) is 2.41. The predicted octanol–water partition coefficient (Wildman–Crippen LogP) is 4.90. The number of amides is 2. The van der Waals surface area contributed by atoms with Crippen molar-refractivity contribution in [3.63, 3.8) is 0 Å². The molecule has 0 spiro atoms. The Hall–Kier alpha value is -1.54. The zero-order chi connectivity index (χ0) is 18.8. The molecular weight excluding hydrogens is 468 g/mol. The summed E-state index contributed by atoms with van der Waals surface area (Å²) in [4.78, 5) is 23.5. The highest BCUT2D eigenvalue weighted by Gasteiger charge is 2.10. The zero-order valence-electron chi connectivity index (χ0n) is 14.4. The molecule has 2 aromatic heterocycles. The second-order valence-corrected chi connectivity index (χ2v) is 7.40. The lowest BCUT2D eigenvalue weighted by Gasteiger charge is -2.05. The van der Waals surface area contributed by atoms with Gasteiger partial charge in [0.05, 0.1) is 0 Å². The Bertz CT molecular complexity index is 651. The van der Waals surface area contributed by atoms with Crippen molar-refractivity contribution in [3.8, 4) is 0 Å². The molecule has 2 aromatic rings. The summed E-state index contributed by atoms with van der Waals surface area (Å²) in [5, 5.41) is 5.68. The maximum absolute atomic E-state index is 11.8. The molecule has 0 atom stereocenters. The summed E-state index contributed by atoms with van der Waals surface area (Å²) < 4.78 is 11.5. The van der Waals surface area contributed by atoms with Gasteiger partial charge in [-0.3, -0.25) is 9.59 Å². The van der Waals surface area contributed by atoms with Crippen molar-refractivity contribution in [2.75, 3.05) is 13.1 Å². The molecular formula is C18H22Br2N2O4. The second kappa shape index (κ2) is 11.2. The molecule has 0 aliphatic rings. The van der Waals surface area contributed by atoms with E-state index >= 15 is 0 Å². The van der Waals surface area contributed by atoms with E-state index in [2.05, 4.69) is 42.5 Å². The summed E-state index contributed by atoms with van der Waals surface area (Å²) in [6, 6.07) is 6.68. The predicted molar refractivity (Wildman–Crippen MR) is 105 cm³/mol. The van der Waals surface area contributed by atoms with Gasteiger partial charge >= 0.3 is 0 Å². The number of unbranched alkanes of at least 4 members (excludes halogenated alkanes) is 5. The molecule has 142 valence electrons. The van der Waals surface area contributed by atoms with E-state index in [1.54, 1.807) is 24.3 Å². The van der Waals surface area contributed by atoms with Crippen LogP contribution in [0.2, 0.25) is 0 Å². The van der Waals surface area contributed by atoms with Gasteiger partial charge in [-0.2, -0.15) is 0 Å². The normalized spacial score (nSPS) is 10.7. The van der Waals surface area contributed by atoms with E-state index in [9.17, 15) is 9.59 Å². The van der Waals surface area contributed by atoms with Gasteiger partial charge in [-0.15, -0.1) is 0 Å². The van der Waals surface area contributed by atoms with Gasteiger partial charge in [-0.05, 0) is 69.0 Å². The topological polar surface area (TPSA) is 84.5 Å². The van der Waals surface area contributed by atoms with Crippen LogP contribution in [0.5, 0.6) is 0 Å². The lowest BCUT2D eigenvalue weighted by molar-refractivity contribution is 0.0916. The SMILES string of the molecule is O=C(NCCCCCCCCNC(=O)c1ccc(Br)o1)c1ccc(Br)o1. The highest BCUT2D eigenvalue weighted by atomic mass is 79.9. The van der Waals surface area contributed by atoms with Crippen LogP contribution >= 0.6 is 31.9 Å². The van der Waals surface area contributed by atoms with Crippen molar-refractivity contribution in [3.05, 3.63) is 45.1 Å². The highest BCUT2D eigenvalue weighted by Crippen LogP contribution is 2.14. The van der Waals surface area contributed by atoms with Crippen LogP contribution in [-0.4, -0.2) is 24.9 Å². The van der Waals surface area contributed by atoms with E-state index in [1.807, 2.05) is 0 Å². The van der Waals surface area contributed by atoms with Crippen molar-refractivity contribution in [2.24, 2.45) is 0 Å². The van der Waals surface area contributed by atoms with Crippen LogP contribution in [0.15, 0.2) is 42.4 Å². The number of halogens is 2. The third-order valence-electron chi connectivity index (χ3n) is 3.77. The molecule has 0 unspecified atom stereocenters. The van der Waals surface area contributed by atoms with Gasteiger partial charge in [0, 0.05) is 13.1 Å². The third-order valence-corrected chi connectivity index (χ3v) is 4.62. The van der Waals surface area contributed by atoms with Gasteiger partial charge in [0.25, 0.3) is 11.8 Å². The Morgan fingerprint density at radius 1 is 0.692 bits per heavy atom. The lowest BCUT2D eigenvalue weighted by Crippen LogP contribution is -2.24. The van der Waals surface area contributed by atoms with Gasteiger partial charge in [0.2, 0.25) is 0 Å². The summed E-state index contributed by atoms with van der Waals surface area (Å²) in [7, 11) is 0. The maximum Gasteiger partial charge on any atom is 0.287 e. The first-order valence-electron chi connectivity index (χ1n) is 8.63. The van der Waals surface area contributed by atoms with Crippen LogP contribution in [0.1, 0.15) is 59.6 Å². The van der Waals surface area contributed by atoms with Crippen LogP contribution in [0.25, 0.3) is 0 Å². The minimum absolute atomic E-state index is 0.185. The van der Waals surface area contributed by atoms with Crippen molar-refractivity contribution < 1.29 is 18.4 Å². The number of carbonyl (C=O) groups is 2. The van der Waals surface area contributed by atoms with Crippen molar-refractivity contribution in [1.82, 2.24) is 10.6 Å². The number of furan rings is 2. The van der Waals surface area contributed by atoms with Crippen LogP contribution in [0.3, 0.4) is 0 Å². The molecule has 0 bridgehead atoms. The Balaban J connectivity index is 1.41. The van der Waals surface area contributed by atoms with E-state index < -0.39 is 0 Å². The third kappa shape index (κ3) is 7.37. The summed E-state index contributed by atoms with van der Waals surface area (Å²) in [5.41, 5.74) is 0. The van der Waals surface area contributed by atoms with E-state index in [0.29, 0.717) is 33.9 Å². The minimum Gasteiger partial charge on any atom is -0.444 e. The first kappa shape index (κ1) is 20.8.